The van der Waals surface area contributed by atoms with Gasteiger partial charge in [0.25, 0.3) is 0 Å². The summed E-state index contributed by atoms with van der Waals surface area (Å²) in [6.07, 6.45) is 5.99. The lowest BCUT2D eigenvalue weighted by atomic mass is 9.93. The van der Waals surface area contributed by atoms with Crippen LogP contribution in [-0.2, 0) is 16.0 Å². The summed E-state index contributed by atoms with van der Waals surface area (Å²) in [6.45, 7) is 2.07. The van der Waals surface area contributed by atoms with Crippen LogP contribution in [0.5, 0.6) is 0 Å². The Balaban J connectivity index is 1.51. The van der Waals surface area contributed by atoms with Gasteiger partial charge in [0.1, 0.15) is 11.8 Å². The molecule has 2 fully saturated rings. The van der Waals surface area contributed by atoms with Gasteiger partial charge in [0, 0.05) is 24.2 Å². The molecule has 4 rings (SSSR count). The smallest absolute Gasteiger partial charge is 0.244 e. The van der Waals surface area contributed by atoms with E-state index in [-0.39, 0.29) is 28.8 Å². The molecular weight excluding hydrogens is 300 g/mol. The number of hydrogen-bond acceptors (Lipinski definition) is 4. The van der Waals surface area contributed by atoms with Crippen molar-refractivity contribution in [2.45, 2.75) is 56.0 Å². The summed E-state index contributed by atoms with van der Waals surface area (Å²) in [5, 5.41) is 3.15. The zero-order chi connectivity index (χ0) is 15.3. The number of nitrogens with zero attached hydrogens (tertiary/aromatic N) is 1. The highest BCUT2D eigenvalue weighted by Crippen LogP contribution is 2.47. The fourth-order valence-corrected chi connectivity index (χ4v) is 5.35. The first kappa shape index (κ1) is 14.2. The highest BCUT2D eigenvalue weighted by Gasteiger charge is 2.53. The maximum atomic E-state index is 12.7. The Bertz CT molecular complexity index is 629. The number of rotatable bonds is 2. The molecule has 1 aromatic rings. The Labute approximate surface area is 133 Å². The molecule has 118 valence electrons. The van der Waals surface area contributed by atoms with Crippen LogP contribution in [0.1, 0.15) is 50.0 Å². The largest absolute Gasteiger partial charge is 0.469 e. The number of furan rings is 1. The summed E-state index contributed by atoms with van der Waals surface area (Å²) < 4.78 is 5.48. The number of aryl methyl sites for hydroxylation is 1. The second kappa shape index (κ2) is 5.05. The summed E-state index contributed by atoms with van der Waals surface area (Å²) >= 11 is 1.73. The molecular formula is C16H20N2O3S. The summed E-state index contributed by atoms with van der Waals surface area (Å²) in [5.74, 6) is 1.77. The number of nitrogens with one attached hydrogen (secondary N) is 1. The lowest BCUT2D eigenvalue weighted by Crippen LogP contribution is -2.50. The van der Waals surface area contributed by atoms with Gasteiger partial charge in [-0.3, -0.25) is 9.59 Å². The summed E-state index contributed by atoms with van der Waals surface area (Å²) in [5.41, 5.74) is 1.10. The first-order chi connectivity index (χ1) is 10.6. The predicted octanol–water partition coefficient (Wildman–Crippen LogP) is 2.23. The standard InChI is InChI=1S/C16H20N2O3S/c1-16-7-5-14(19)18(16)12(9-22-16)15(20)17-11-3-2-4-13-10(11)6-8-21-13/h6,8,11-12H,2-5,7,9H2,1H3,(H,17,20)/t11-,12-,16-/m0/s1. The van der Waals surface area contributed by atoms with Crippen LogP contribution in [0.2, 0.25) is 0 Å². The van der Waals surface area contributed by atoms with Crippen molar-refractivity contribution < 1.29 is 14.0 Å². The van der Waals surface area contributed by atoms with Crippen LogP contribution >= 0.6 is 11.8 Å². The monoisotopic (exact) mass is 320 g/mol. The third-order valence-corrected chi connectivity index (χ3v) is 6.62. The number of hydrogen-bond donors (Lipinski definition) is 1. The zero-order valence-electron chi connectivity index (χ0n) is 12.6. The minimum Gasteiger partial charge on any atom is -0.469 e. The van der Waals surface area contributed by atoms with Crippen molar-refractivity contribution in [3.8, 4) is 0 Å². The first-order valence-corrected chi connectivity index (χ1v) is 8.90. The highest BCUT2D eigenvalue weighted by atomic mass is 32.2. The van der Waals surface area contributed by atoms with E-state index in [1.807, 2.05) is 11.0 Å². The van der Waals surface area contributed by atoms with E-state index >= 15 is 0 Å². The second-order valence-corrected chi connectivity index (χ2v) is 8.02. The molecule has 0 aromatic carbocycles. The molecule has 0 saturated carbocycles. The number of fused-ring (bicyclic) bond motifs is 2. The fourth-order valence-electron chi connectivity index (χ4n) is 3.92. The fraction of sp³-hybridized carbons (Fsp3) is 0.625. The minimum absolute atomic E-state index is 0.0181. The summed E-state index contributed by atoms with van der Waals surface area (Å²) in [7, 11) is 0. The molecule has 22 heavy (non-hydrogen) atoms. The maximum Gasteiger partial charge on any atom is 0.244 e. The minimum atomic E-state index is -0.331. The highest BCUT2D eigenvalue weighted by molar-refractivity contribution is 8.01. The average molecular weight is 320 g/mol. The Morgan fingerprint density at radius 2 is 2.36 bits per heavy atom. The molecule has 1 N–H and O–H groups in total. The van der Waals surface area contributed by atoms with Crippen LogP contribution in [0.3, 0.4) is 0 Å². The van der Waals surface area contributed by atoms with Gasteiger partial charge < -0.3 is 14.6 Å². The van der Waals surface area contributed by atoms with Crippen LogP contribution in [0.25, 0.3) is 0 Å². The van der Waals surface area contributed by atoms with Crippen LogP contribution in [0.4, 0.5) is 0 Å². The lowest BCUT2D eigenvalue weighted by molar-refractivity contribution is -0.138. The number of carbonyl (C=O) groups excluding carboxylic acids is 2. The van der Waals surface area contributed by atoms with E-state index in [0.717, 1.165) is 37.0 Å². The van der Waals surface area contributed by atoms with E-state index in [1.165, 1.54) is 0 Å². The summed E-state index contributed by atoms with van der Waals surface area (Å²) in [6, 6.07) is 1.64. The van der Waals surface area contributed by atoms with E-state index in [1.54, 1.807) is 18.0 Å². The van der Waals surface area contributed by atoms with Gasteiger partial charge in [-0.25, -0.2) is 0 Å². The SMILES string of the molecule is C[C@]12CCC(=O)N1[C@H](C(=O)N[C@H]1CCCc3occc31)CS2. The first-order valence-electron chi connectivity index (χ1n) is 7.91. The van der Waals surface area contributed by atoms with Crippen molar-refractivity contribution in [2.75, 3.05) is 5.75 Å². The van der Waals surface area contributed by atoms with Gasteiger partial charge >= 0.3 is 0 Å². The number of thioether (sulfide) groups is 1. The van der Waals surface area contributed by atoms with Crippen LogP contribution in [-0.4, -0.2) is 33.4 Å². The average Bonchev–Trinajstić information content (AvgIpc) is 3.16. The van der Waals surface area contributed by atoms with Gasteiger partial charge in [-0.2, -0.15) is 0 Å². The topological polar surface area (TPSA) is 62.6 Å². The van der Waals surface area contributed by atoms with Crippen molar-refractivity contribution in [2.24, 2.45) is 0 Å². The van der Waals surface area contributed by atoms with Crippen LogP contribution < -0.4 is 5.32 Å². The molecule has 1 aliphatic carbocycles. The van der Waals surface area contributed by atoms with E-state index in [2.05, 4.69) is 12.2 Å². The van der Waals surface area contributed by atoms with Crippen LogP contribution in [0, 0.1) is 0 Å². The molecule has 2 saturated heterocycles. The van der Waals surface area contributed by atoms with Gasteiger partial charge in [-0.1, -0.05) is 0 Å². The molecule has 0 radical (unpaired) electrons. The molecule has 1 aromatic heterocycles. The van der Waals surface area contributed by atoms with E-state index in [9.17, 15) is 9.59 Å². The number of carbonyl (C=O) groups is 2. The molecule has 5 nitrogen and oxygen atoms in total. The molecule has 3 atom stereocenters. The normalized spacial score (nSPS) is 33.7. The Hall–Kier alpha value is -1.43. The Morgan fingerprint density at radius 3 is 3.23 bits per heavy atom. The zero-order valence-corrected chi connectivity index (χ0v) is 13.4. The molecule has 0 spiro atoms. The van der Waals surface area contributed by atoms with Crippen molar-refractivity contribution in [1.82, 2.24) is 10.2 Å². The Morgan fingerprint density at radius 1 is 1.50 bits per heavy atom. The molecule has 2 amide bonds. The number of amides is 2. The molecule has 2 aliphatic heterocycles. The van der Waals surface area contributed by atoms with Gasteiger partial charge in [0.05, 0.1) is 17.2 Å². The molecule has 0 unspecified atom stereocenters. The molecule has 3 heterocycles. The Kier molecular flexibility index (Phi) is 3.25. The summed E-state index contributed by atoms with van der Waals surface area (Å²) in [4.78, 5) is 26.5. The van der Waals surface area contributed by atoms with Gasteiger partial charge in [0.15, 0.2) is 0 Å². The van der Waals surface area contributed by atoms with Crippen molar-refractivity contribution in [3.63, 3.8) is 0 Å². The maximum absolute atomic E-state index is 12.7. The van der Waals surface area contributed by atoms with Crippen molar-refractivity contribution in [1.29, 1.82) is 0 Å². The van der Waals surface area contributed by atoms with E-state index in [0.29, 0.717) is 12.2 Å². The van der Waals surface area contributed by atoms with Gasteiger partial charge in [0.2, 0.25) is 11.8 Å². The van der Waals surface area contributed by atoms with Crippen molar-refractivity contribution >= 4 is 23.6 Å². The predicted molar refractivity (Wildman–Crippen MR) is 83.3 cm³/mol. The molecule has 3 aliphatic rings. The van der Waals surface area contributed by atoms with Crippen molar-refractivity contribution in [3.05, 3.63) is 23.7 Å². The van der Waals surface area contributed by atoms with Gasteiger partial charge in [-0.15, -0.1) is 11.8 Å². The van der Waals surface area contributed by atoms with E-state index in [4.69, 9.17) is 4.42 Å². The third kappa shape index (κ3) is 2.07. The third-order valence-electron chi connectivity index (χ3n) is 5.12. The van der Waals surface area contributed by atoms with Crippen LogP contribution in [0.15, 0.2) is 16.7 Å². The van der Waals surface area contributed by atoms with Gasteiger partial charge in [-0.05, 0) is 32.3 Å². The quantitative estimate of drug-likeness (QED) is 0.907. The molecule has 6 heteroatoms. The second-order valence-electron chi connectivity index (χ2n) is 6.52. The molecule has 0 bridgehead atoms. The lowest BCUT2D eigenvalue weighted by Gasteiger charge is -2.31. The van der Waals surface area contributed by atoms with E-state index < -0.39 is 0 Å².